The lowest BCUT2D eigenvalue weighted by atomic mass is 9.77. The number of phenols is 1. The van der Waals surface area contributed by atoms with Crippen LogP contribution in [-0.4, -0.2) is 11.1 Å². The molecule has 0 heterocycles. The first kappa shape index (κ1) is 35.9. The average Bonchev–Trinajstić information content (AvgIpc) is 2.86. The van der Waals surface area contributed by atoms with Crippen LogP contribution in [0.15, 0.2) is 12.1 Å². The van der Waals surface area contributed by atoms with E-state index in [0.717, 1.165) is 29.5 Å². The van der Waals surface area contributed by atoms with Gasteiger partial charge in [-0.25, -0.2) is 0 Å². The zero-order valence-corrected chi connectivity index (χ0v) is 28.0. The molecule has 226 valence electrons. The van der Waals surface area contributed by atoms with Gasteiger partial charge in [0.15, 0.2) is 0 Å². The Bertz CT molecular complexity index is 768. The van der Waals surface area contributed by atoms with Crippen LogP contribution in [0.5, 0.6) is 5.75 Å². The number of unbranched alkanes of at least 4 members (excludes halogenated alkanes) is 15. The van der Waals surface area contributed by atoms with E-state index in [1.165, 1.54) is 96.3 Å². The van der Waals surface area contributed by atoms with Crippen molar-refractivity contribution in [3.63, 3.8) is 0 Å². The Morgan fingerprint density at radius 3 is 1.41 bits per heavy atom. The SMILES string of the molecule is CCCCCCCCCCCCCCCCCCC(Cc1cc(C(C)(C)C)c(O)c(C(C)(C)C)c1)C(=O)OP. The Hall–Kier alpha value is -1.08. The smallest absolute Gasteiger partial charge is 0.311 e. The molecule has 0 aliphatic heterocycles. The molecule has 0 amide bonds. The van der Waals surface area contributed by atoms with Gasteiger partial charge in [-0.05, 0) is 40.4 Å². The highest BCUT2D eigenvalue weighted by Crippen LogP contribution is 2.40. The van der Waals surface area contributed by atoms with Crippen molar-refractivity contribution in [1.82, 2.24) is 0 Å². The number of hydrogen-bond acceptors (Lipinski definition) is 3. The molecular weight excluding hydrogens is 499 g/mol. The van der Waals surface area contributed by atoms with Gasteiger partial charge in [0.1, 0.15) is 5.75 Å². The Morgan fingerprint density at radius 1 is 0.718 bits per heavy atom. The van der Waals surface area contributed by atoms with Crippen LogP contribution >= 0.6 is 9.47 Å². The molecule has 0 aliphatic carbocycles. The third-order valence-corrected chi connectivity index (χ3v) is 8.36. The van der Waals surface area contributed by atoms with E-state index in [2.05, 4.69) is 70.1 Å². The summed E-state index contributed by atoms with van der Waals surface area (Å²) in [5.41, 5.74) is 2.66. The van der Waals surface area contributed by atoms with E-state index < -0.39 is 0 Å². The number of carbonyl (C=O) groups excluding carboxylic acids is 1. The Labute approximate surface area is 245 Å². The van der Waals surface area contributed by atoms with E-state index in [0.29, 0.717) is 12.2 Å². The second kappa shape index (κ2) is 19.1. The summed E-state index contributed by atoms with van der Waals surface area (Å²) in [7, 11) is 2.14. The molecule has 2 atom stereocenters. The molecule has 1 aromatic rings. The minimum atomic E-state index is -0.176. The predicted octanol–water partition coefficient (Wildman–Crippen LogP) is 11.1. The van der Waals surface area contributed by atoms with Gasteiger partial charge in [-0.3, -0.25) is 4.79 Å². The molecular formula is C35H63O3P. The van der Waals surface area contributed by atoms with E-state index in [4.69, 9.17) is 4.52 Å². The van der Waals surface area contributed by atoms with Gasteiger partial charge >= 0.3 is 5.97 Å². The van der Waals surface area contributed by atoms with Crippen molar-refractivity contribution in [1.29, 1.82) is 0 Å². The fourth-order valence-corrected chi connectivity index (χ4v) is 5.77. The molecule has 2 unspecified atom stereocenters. The van der Waals surface area contributed by atoms with E-state index >= 15 is 0 Å². The highest BCUT2D eigenvalue weighted by atomic mass is 31.0. The summed E-state index contributed by atoms with van der Waals surface area (Å²) in [5, 5.41) is 11.0. The van der Waals surface area contributed by atoms with Crippen molar-refractivity contribution < 1.29 is 14.4 Å². The van der Waals surface area contributed by atoms with Gasteiger partial charge in [0.05, 0.1) is 15.4 Å². The summed E-state index contributed by atoms with van der Waals surface area (Å²) >= 11 is 0. The standard InChI is InChI=1S/C35H63O3P/c1-8-9-10-11-12-13-14-15-16-17-18-19-20-21-22-23-24-29(33(37)38-39)25-28-26-30(34(2,3)4)32(36)31(27-28)35(5,6)7/h26-27,29,36H,8-25,39H2,1-7H3. The maximum atomic E-state index is 12.6. The number of rotatable bonds is 20. The molecule has 1 aromatic carbocycles. The number of hydrogen-bond donors (Lipinski definition) is 1. The van der Waals surface area contributed by atoms with Gasteiger partial charge in [0.25, 0.3) is 0 Å². The van der Waals surface area contributed by atoms with E-state index in [1.807, 2.05) is 0 Å². The molecule has 39 heavy (non-hydrogen) atoms. The van der Waals surface area contributed by atoms with Crippen molar-refractivity contribution >= 4 is 15.4 Å². The Balaban J connectivity index is 2.42. The zero-order valence-electron chi connectivity index (χ0n) is 26.8. The maximum Gasteiger partial charge on any atom is 0.311 e. The van der Waals surface area contributed by atoms with Gasteiger partial charge in [-0.15, -0.1) is 0 Å². The molecule has 1 rings (SSSR count). The second-order valence-electron chi connectivity index (χ2n) is 14.0. The van der Waals surface area contributed by atoms with E-state index in [9.17, 15) is 9.90 Å². The molecule has 0 aliphatic rings. The van der Waals surface area contributed by atoms with Crippen molar-refractivity contribution in [3.05, 3.63) is 28.8 Å². The van der Waals surface area contributed by atoms with Gasteiger partial charge in [0, 0.05) is 0 Å². The molecule has 1 N–H and O–H groups in total. The molecule has 0 aromatic heterocycles. The van der Waals surface area contributed by atoms with Gasteiger partial charge in [-0.2, -0.15) is 0 Å². The highest BCUT2D eigenvalue weighted by Gasteiger charge is 2.28. The molecule has 0 saturated heterocycles. The topological polar surface area (TPSA) is 46.5 Å². The number of carbonyl (C=O) groups is 1. The maximum absolute atomic E-state index is 12.6. The van der Waals surface area contributed by atoms with E-state index in [-0.39, 0.29) is 22.7 Å². The molecule has 0 bridgehead atoms. The first-order chi connectivity index (χ1) is 18.4. The highest BCUT2D eigenvalue weighted by molar-refractivity contribution is 7.10. The molecule has 0 fully saturated rings. The number of aromatic hydroxyl groups is 1. The lowest BCUT2D eigenvalue weighted by Crippen LogP contribution is -2.21. The van der Waals surface area contributed by atoms with Crippen molar-refractivity contribution in [2.24, 2.45) is 5.92 Å². The first-order valence-electron chi connectivity index (χ1n) is 16.2. The summed E-state index contributed by atoms with van der Waals surface area (Å²) in [4.78, 5) is 12.6. The van der Waals surface area contributed by atoms with Gasteiger partial charge in [0.2, 0.25) is 0 Å². The fraction of sp³-hybridized carbons (Fsp3) is 0.800. The van der Waals surface area contributed by atoms with Crippen LogP contribution in [0.3, 0.4) is 0 Å². The van der Waals surface area contributed by atoms with Crippen LogP contribution < -0.4 is 0 Å². The predicted molar refractivity (Wildman–Crippen MR) is 173 cm³/mol. The first-order valence-corrected chi connectivity index (χ1v) is 16.7. The fourth-order valence-electron chi connectivity index (χ4n) is 5.58. The van der Waals surface area contributed by atoms with Crippen LogP contribution in [0.2, 0.25) is 0 Å². The Morgan fingerprint density at radius 2 is 1.08 bits per heavy atom. The zero-order chi connectivity index (χ0) is 29.3. The monoisotopic (exact) mass is 562 g/mol. The van der Waals surface area contributed by atoms with Crippen molar-refractivity contribution in [2.75, 3.05) is 0 Å². The molecule has 0 saturated carbocycles. The van der Waals surface area contributed by atoms with Crippen LogP contribution in [0.1, 0.15) is 174 Å². The van der Waals surface area contributed by atoms with Crippen LogP contribution in [-0.2, 0) is 26.6 Å². The number of benzene rings is 1. The van der Waals surface area contributed by atoms with Crippen LogP contribution in [0.4, 0.5) is 0 Å². The average molecular weight is 563 g/mol. The molecule has 0 radical (unpaired) electrons. The van der Waals surface area contributed by atoms with Crippen LogP contribution in [0.25, 0.3) is 0 Å². The number of phenolic OH excluding ortho intramolecular Hbond substituents is 1. The third-order valence-electron chi connectivity index (χ3n) is 8.12. The lowest BCUT2D eigenvalue weighted by Gasteiger charge is -2.28. The summed E-state index contributed by atoms with van der Waals surface area (Å²) in [6.45, 7) is 15.1. The van der Waals surface area contributed by atoms with Crippen molar-refractivity contribution in [3.8, 4) is 5.75 Å². The van der Waals surface area contributed by atoms with Crippen LogP contribution in [0, 0.1) is 5.92 Å². The summed E-state index contributed by atoms with van der Waals surface area (Å²) < 4.78 is 5.11. The normalized spacial score (nSPS) is 13.0. The quantitative estimate of drug-likeness (QED) is 0.127. The summed E-state index contributed by atoms with van der Waals surface area (Å²) in [6.07, 6.45) is 23.1. The molecule has 3 nitrogen and oxygen atoms in total. The van der Waals surface area contributed by atoms with Crippen molar-refractivity contribution in [2.45, 2.75) is 175 Å². The van der Waals surface area contributed by atoms with Gasteiger partial charge in [-0.1, -0.05) is 163 Å². The third kappa shape index (κ3) is 14.9. The minimum absolute atomic E-state index is 0.149. The summed E-state index contributed by atoms with van der Waals surface area (Å²) in [5.74, 6) is 0.0877. The molecule has 0 spiro atoms. The second-order valence-corrected chi connectivity index (χ2v) is 14.2. The molecule has 4 heteroatoms. The Kier molecular flexibility index (Phi) is 17.6. The minimum Gasteiger partial charge on any atom is -0.507 e. The van der Waals surface area contributed by atoms with E-state index in [1.54, 1.807) is 0 Å². The summed E-state index contributed by atoms with van der Waals surface area (Å²) in [6, 6.07) is 4.20. The lowest BCUT2D eigenvalue weighted by molar-refractivity contribution is -0.138. The largest absolute Gasteiger partial charge is 0.507 e. The van der Waals surface area contributed by atoms with Gasteiger partial charge < -0.3 is 9.63 Å².